The van der Waals surface area contributed by atoms with Crippen LogP contribution >= 0.6 is 0 Å². The molecule has 0 bridgehead atoms. The summed E-state index contributed by atoms with van der Waals surface area (Å²) in [5.41, 5.74) is 3.17. The quantitative estimate of drug-likeness (QED) is 0.722. The van der Waals surface area contributed by atoms with Gasteiger partial charge < -0.3 is 13.9 Å². The fourth-order valence-electron chi connectivity index (χ4n) is 2.84. The minimum Gasteiger partial charge on any atom is -0.454 e. The highest BCUT2D eigenvalue weighted by Crippen LogP contribution is 2.32. The summed E-state index contributed by atoms with van der Waals surface area (Å²) in [6, 6.07) is 13.8. The third-order valence-electron chi connectivity index (χ3n) is 4.30. The number of anilines is 1. The summed E-state index contributed by atoms with van der Waals surface area (Å²) in [4.78, 5) is 12.2. The Morgan fingerprint density at radius 1 is 1.00 bits per heavy atom. The van der Waals surface area contributed by atoms with Crippen molar-refractivity contribution in [3.05, 3.63) is 65.0 Å². The monoisotopic (exact) mass is 365 g/mol. The minimum absolute atomic E-state index is 0.0981. The van der Waals surface area contributed by atoms with E-state index in [9.17, 15) is 4.79 Å². The highest BCUT2D eigenvalue weighted by molar-refractivity contribution is 5.90. The Hall–Kier alpha value is -3.35. The number of benzene rings is 2. The number of carbonyl (C=O) groups excluding carboxylic acids is 1. The summed E-state index contributed by atoms with van der Waals surface area (Å²) in [6.45, 7) is 2.32. The molecule has 1 aromatic heterocycles. The van der Waals surface area contributed by atoms with Crippen LogP contribution < -0.4 is 14.8 Å². The molecule has 0 fully saturated rings. The lowest BCUT2D eigenvalue weighted by Crippen LogP contribution is -2.14. The zero-order valence-electron chi connectivity index (χ0n) is 14.9. The molecule has 1 amide bonds. The van der Waals surface area contributed by atoms with E-state index in [2.05, 4.69) is 34.6 Å². The highest BCUT2D eigenvalue weighted by atomic mass is 16.7. The Morgan fingerprint density at radius 2 is 1.74 bits per heavy atom. The number of hydrogen-bond acceptors (Lipinski definition) is 6. The summed E-state index contributed by atoms with van der Waals surface area (Å²) >= 11 is 0. The van der Waals surface area contributed by atoms with Gasteiger partial charge in [0.15, 0.2) is 11.5 Å². The smallest absolute Gasteiger partial charge is 0.322 e. The molecule has 0 radical (unpaired) electrons. The Balaban J connectivity index is 1.35. The van der Waals surface area contributed by atoms with Crippen molar-refractivity contribution < 1.29 is 18.7 Å². The number of aryl methyl sites for hydroxylation is 1. The van der Waals surface area contributed by atoms with Gasteiger partial charge in [0.2, 0.25) is 18.6 Å². The van der Waals surface area contributed by atoms with Gasteiger partial charge >= 0.3 is 6.01 Å². The Kier molecular flexibility index (Phi) is 4.74. The standard InChI is InChI=1S/C20H19N3O4/c1-2-13-3-5-14(6-4-13)11-19-22-23-20(27-19)21-18(24)10-15-7-8-16-17(9-15)26-12-25-16/h3-9H,2,10-12H2,1H3,(H,21,23,24). The fraction of sp³-hybridized carbons (Fsp3) is 0.250. The van der Waals surface area contributed by atoms with Crippen molar-refractivity contribution in [2.45, 2.75) is 26.2 Å². The van der Waals surface area contributed by atoms with Crippen LogP contribution in [-0.4, -0.2) is 22.9 Å². The molecule has 138 valence electrons. The van der Waals surface area contributed by atoms with Crippen LogP contribution in [-0.2, 0) is 24.1 Å². The molecule has 1 aliphatic rings. The van der Waals surface area contributed by atoms with Crippen LogP contribution in [0, 0.1) is 0 Å². The summed E-state index contributed by atoms with van der Waals surface area (Å²) in [5, 5.41) is 10.5. The molecule has 0 saturated heterocycles. The molecule has 2 aromatic carbocycles. The number of aromatic nitrogens is 2. The number of fused-ring (bicyclic) bond motifs is 1. The molecular weight excluding hydrogens is 346 g/mol. The van der Waals surface area contributed by atoms with Crippen LogP contribution in [0.2, 0.25) is 0 Å². The molecular formula is C20H19N3O4. The SMILES string of the molecule is CCc1ccc(Cc2nnc(NC(=O)Cc3ccc4c(c3)OCO4)o2)cc1. The van der Waals surface area contributed by atoms with Gasteiger partial charge in [-0.1, -0.05) is 42.4 Å². The van der Waals surface area contributed by atoms with E-state index in [-0.39, 0.29) is 25.1 Å². The van der Waals surface area contributed by atoms with Crippen LogP contribution in [0.15, 0.2) is 46.9 Å². The third-order valence-corrected chi connectivity index (χ3v) is 4.30. The predicted octanol–water partition coefficient (Wildman–Crippen LogP) is 3.13. The van der Waals surface area contributed by atoms with E-state index in [0.717, 1.165) is 17.5 Å². The molecule has 4 rings (SSSR count). The van der Waals surface area contributed by atoms with Gasteiger partial charge in [0.1, 0.15) is 0 Å². The van der Waals surface area contributed by atoms with Crippen molar-refractivity contribution in [2.24, 2.45) is 0 Å². The lowest BCUT2D eigenvalue weighted by atomic mass is 10.1. The largest absolute Gasteiger partial charge is 0.454 e. The second-order valence-electron chi connectivity index (χ2n) is 6.26. The molecule has 0 unspecified atom stereocenters. The first kappa shape index (κ1) is 17.1. The number of carbonyl (C=O) groups is 1. The summed E-state index contributed by atoms with van der Waals surface area (Å²) < 4.78 is 16.1. The molecule has 0 saturated carbocycles. The van der Waals surface area contributed by atoms with Crippen LogP contribution in [0.5, 0.6) is 11.5 Å². The molecule has 1 N–H and O–H groups in total. The van der Waals surface area contributed by atoms with Gasteiger partial charge in [-0.2, -0.15) is 0 Å². The second-order valence-corrected chi connectivity index (χ2v) is 6.26. The normalized spacial score (nSPS) is 12.2. The number of hydrogen-bond donors (Lipinski definition) is 1. The second kappa shape index (κ2) is 7.49. The lowest BCUT2D eigenvalue weighted by molar-refractivity contribution is -0.115. The first-order chi connectivity index (χ1) is 13.2. The predicted molar refractivity (Wildman–Crippen MR) is 97.8 cm³/mol. The van der Waals surface area contributed by atoms with Gasteiger partial charge in [-0.15, -0.1) is 5.10 Å². The number of rotatable bonds is 6. The van der Waals surface area contributed by atoms with Crippen molar-refractivity contribution in [1.82, 2.24) is 10.2 Å². The van der Waals surface area contributed by atoms with Crippen molar-refractivity contribution >= 4 is 11.9 Å². The van der Waals surface area contributed by atoms with E-state index < -0.39 is 0 Å². The average molecular weight is 365 g/mol. The van der Waals surface area contributed by atoms with Gasteiger partial charge in [-0.25, -0.2) is 0 Å². The van der Waals surface area contributed by atoms with Crippen LogP contribution in [0.25, 0.3) is 0 Å². The maximum atomic E-state index is 12.2. The van der Waals surface area contributed by atoms with E-state index in [1.54, 1.807) is 12.1 Å². The number of nitrogens with one attached hydrogen (secondary N) is 1. The van der Waals surface area contributed by atoms with Crippen LogP contribution in [0.3, 0.4) is 0 Å². The number of nitrogens with zero attached hydrogens (tertiary/aromatic N) is 2. The summed E-state index contributed by atoms with van der Waals surface area (Å²) in [5.74, 6) is 1.55. The van der Waals surface area contributed by atoms with Crippen molar-refractivity contribution in [3.8, 4) is 11.5 Å². The van der Waals surface area contributed by atoms with E-state index in [1.807, 2.05) is 18.2 Å². The Bertz CT molecular complexity index is 950. The Morgan fingerprint density at radius 3 is 2.56 bits per heavy atom. The van der Waals surface area contributed by atoms with Gasteiger partial charge in [0.25, 0.3) is 0 Å². The van der Waals surface area contributed by atoms with Gasteiger partial charge in [0, 0.05) is 0 Å². The zero-order valence-corrected chi connectivity index (χ0v) is 14.9. The van der Waals surface area contributed by atoms with Crippen molar-refractivity contribution in [2.75, 3.05) is 12.1 Å². The topological polar surface area (TPSA) is 86.5 Å². The molecule has 0 spiro atoms. The van der Waals surface area contributed by atoms with E-state index >= 15 is 0 Å². The minimum atomic E-state index is -0.239. The molecule has 27 heavy (non-hydrogen) atoms. The average Bonchev–Trinajstić information content (AvgIpc) is 3.31. The van der Waals surface area contributed by atoms with Crippen LogP contribution in [0.4, 0.5) is 6.01 Å². The maximum Gasteiger partial charge on any atom is 0.322 e. The summed E-state index contributed by atoms with van der Waals surface area (Å²) in [7, 11) is 0. The molecule has 7 nitrogen and oxygen atoms in total. The molecule has 3 aromatic rings. The molecule has 7 heteroatoms. The van der Waals surface area contributed by atoms with E-state index in [4.69, 9.17) is 13.9 Å². The van der Waals surface area contributed by atoms with Gasteiger partial charge in [0.05, 0.1) is 12.8 Å². The van der Waals surface area contributed by atoms with Crippen LogP contribution in [0.1, 0.15) is 29.5 Å². The fourth-order valence-corrected chi connectivity index (χ4v) is 2.84. The van der Waals surface area contributed by atoms with Crippen molar-refractivity contribution in [3.63, 3.8) is 0 Å². The third kappa shape index (κ3) is 4.08. The Labute approximate surface area is 156 Å². The molecule has 0 atom stereocenters. The first-order valence-corrected chi connectivity index (χ1v) is 8.78. The number of ether oxygens (including phenoxy) is 2. The van der Waals surface area contributed by atoms with Crippen molar-refractivity contribution in [1.29, 1.82) is 0 Å². The van der Waals surface area contributed by atoms with E-state index in [1.165, 1.54) is 5.56 Å². The first-order valence-electron chi connectivity index (χ1n) is 8.78. The number of amides is 1. The highest BCUT2D eigenvalue weighted by Gasteiger charge is 2.16. The molecule has 1 aliphatic heterocycles. The zero-order chi connectivity index (χ0) is 18.6. The van der Waals surface area contributed by atoms with E-state index in [0.29, 0.717) is 23.8 Å². The summed E-state index contributed by atoms with van der Waals surface area (Å²) in [6.07, 6.45) is 1.70. The maximum absolute atomic E-state index is 12.2. The molecule has 2 heterocycles. The lowest BCUT2D eigenvalue weighted by Gasteiger charge is -2.03. The van der Waals surface area contributed by atoms with Gasteiger partial charge in [-0.05, 0) is 35.2 Å². The van der Waals surface area contributed by atoms with Gasteiger partial charge in [-0.3, -0.25) is 10.1 Å². The molecule has 0 aliphatic carbocycles.